The maximum atomic E-state index is 5.46. The highest BCUT2D eigenvalue weighted by Crippen LogP contribution is 2.44. The standard InChI is InChI=1S/C55H33N3S/c1-3-18-36-34(16-1)32-49(40-22-7-5-20-38(36)40)42-24-9-11-27-46(42)53-56-54(58-55(57-53)48-30-15-29-45-44-26-13-14-31-51(44)59-52(45)48)47-28-12-10-25-43(47)50-33-35-17-2-4-19-37(35)39-21-6-8-23-41(39)50/h1-33H. The molecule has 2 aromatic heterocycles. The van der Waals surface area contributed by atoms with Crippen molar-refractivity contribution < 1.29 is 0 Å². The van der Waals surface area contributed by atoms with Gasteiger partial charge in [0, 0.05) is 36.9 Å². The van der Waals surface area contributed by atoms with E-state index in [-0.39, 0.29) is 0 Å². The minimum Gasteiger partial charge on any atom is -0.208 e. The van der Waals surface area contributed by atoms with Crippen molar-refractivity contribution in [3.8, 4) is 56.4 Å². The first kappa shape index (κ1) is 33.6. The molecule has 0 aliphatic rings. The number of benzene rings is 10. The third-order valence-electron chi connectivity index (χ3n) is 11.7. The van der Waals surface area contributed by atoms with Gasteiger partial charge >= 0.3 is 0 Å². The normalized spacial score (nSPS) is 11.7. The fourth-order valence-corrected chi connectivity index (χ4v) is 10.3. The van der Waals surface area contributed by atoms with Gasteiger partial charge in [0.1, 0.15) is 0 Å². The van der Waals surface area contributed by atoms with Crippen LogP contribution in [-0.2, 0) is 0 Å². The van der Waals surface area contributed by atoms with Crippen LogP contribution in [0.4, 0.5) is 0 Å². The zero-order chi connectivity index (χ0) is 38.9. The number of aromatic nitrogens is 3. The van der Waals surface area contributed by atoms with Gasteiger partial charge in [0.15, 0.2) is 17.5 Å². The van der Waals surface area contributed by atoms with E-state index in [4.69, 9.17) is 15.0 Å². The van der Waals surface area contributed by atoms with Crippen molar-refractivity contribution in [2.24, 2.45) is 0 Å². The van der Waals surface area contributed by atoms with Crippen LogP contribution in [0.1, 0.15) is 0 Å². The maximum Gasteiger partial charge on any atom is 0.165 e. The van der Waals surface area contributed by atoms with E-state index in [1.807, 2.05) is 0 Å². The Kier molecular flexibility index (Phi) is 7.72. The summed E-state index contributed by atoms with van der Waals surface area (Å²) in [5, 5.41) is 12.1. The molecule has 0 N–H and O–H groups in total. The highest BCUT2D eigenvalue weighted by molar-refractivity contribution is 7.26. The van der Waals surface area contributed by atoms with E-state index in [1.54, 1.807) is 11.3 Å². The predicted octanol–water partition coefficient (Wildman–Crippen LogP) is 15.2. The quantitative estimate of drug-likeness (QED) is 0.164. The van der Waals surface area contributed by atoms with Gasteiger partial charge in [-0.15, -0.1) is 11.3 Å². The number of fused-ring (bicyclic) bond motifs is 9. The van der Waals surface area contributed by atoms with Crippen LogP contribution in [0.15, 0.2) is 200 Å². The predicted molar refractivity (Wildman–Crippen MR) is 250 cm³/mol. The first-order chi connectivity index (χ1) is 29.3. The summed E-state index contributed by atoms with van der Waals surface area (Å²) in [7, 11) is 0. The van der Waals surface area contributed by atoms with Crippen molar-refractivity contribution in [1.82, 2.24) is 15.0 Å². The Morgan fingerprint density at radius 2 is 0.627 bits per heavy atom. The summed E-state index contributed by atoms with van der Waals surface area (Å²) in [6.07, 6.45) is 0. The SMILES string of the molecule is c1ccc(-c2cc3ccccc3c3ccccc23)c(-c2nc(-c3ccccc3-c3cc4ccccc4c4ccccc34)nc(-c3cccc4c3sc3ccccc34)n2)c1. The van der Waals surface area contributed by atoms with E-state index in [0.29, 0.717) is 17.5 Å². The molecule has 0 saturated heterocycles. The summed E-state index contributed by atoms with van der Waals surface area (Å²) in [4.78, 5) is 16.3. The molecule has 274 valence electrons. The molecule has 0 unspecified atom stereocenters. The number of hydrogen-bond acceptors (Lipinski definition) is 4. The van der Waals surface area contributed by atoms with E-state index in [2.05, 4.69) is 200 Å². The molecule has 0 radical (unpaired) electrons. The van der Waals surface area contributed by atoms with Gasteiger partial charge < -0.3 is 0 Å². The molecule has 0 aliphatic carbocycles. The van der Waals surface area contributed by atoms with E-state index < -0.39 is 0 Å². The number of rotatable bonds is 5. The molecule has 10 aromatic carbocycles. The molecule has 0 spiro atoms. The monoisotopic (exact) mass is 767 g/mol. The van der Waals surface area contributed by atoms with Crippen LogP contribution in [0, 0.1) is 0 Å². The van der Waals surface area contributed by atoms with Gasteiger partial charge in [-0.05, 0) is 89.6 Å². The van der Waals surface area contributed by atoms with Crippen molar-refractivity contribution in [2.75, 3.05) is 0 Å². The fourth-order valence-electron chi connectivity index (χ4n) is 9.04. The second kappa shape index (κ2) is 13.6. The van der Waals surface area contributed by atoms with Gasteiger partial charge in [-0.3, -0.25) is 0 Å². The molecule has 3 nitrogen and oxygen atoms in total. The van der Waals surface area contributed by atoms with E-state index >= 15 is 0 Å². The van der Waals surface area contributed by atoms with E-state index in [0.717, 1.165) is 38.9 Å². The molecule has 0 aliphatic heterocycles. The van der Waals surface area contributed by atoms with Crippen LogP contribution in [0.2, 0.25) is 0 Å². The molecular weight excluding hydrogens is 735 g/mol. The maximum absolute atomic E-state index is 5.46. The molecular formula is C55H33N3S. The largest absolute Gasteiger partial charge is 0.208 e. The molecule has 4 heteroatoms. The van der Waals surface area contributed by atoms with Crippen LogP contribution in [0.25, 0.3) is 120 Å². The molecule has 0 fully saturated rings. The van der Waals surface area contributed by atoms with E-state index in [1.165, 1.54) is 63.3 Å². The average molecular weight is 768 g/mol. The summed E-state index contributed by atoms with van der Waals surface area (Å²) >= 11 is 1.79. The van der Waals surface area contributed by atoms with Gasteiger partial charge in [-0.1, -0.05) is 176 Å². The molecule has 12 rings (SSSR count). The molecule has 12 aromatic rings. The van der Waals surface area contributed by atoms with Crippen molar-refractivity contribution in [1.29, 1.82) is 0 Å². The number of thiophene rings is 1. The topological polar surface area (TPSA) is 38.7 Å². The van der Waals surface area contributed by atoms with Crippen LogP contribution in [0.3, 0.4) is 0 Å². The average Bonchev–Trinajstić information content (AvgIpc) is 3.70. The number of nitrogens with zero attached hydrogens (tertiary/aromatic N) is 3. The summed E-state index contributed by atoms with van der Waals surface area (Å²) in [5.41, 5.74) is 7.35. The van der Waals surface area contributed by atoms with Crippen molar-refractivity contribution in [3.63, 3.8) is 0 Å². The first-order valence-corrected chi connectivity index (χ1v) is 20.8. The third kappa shape index (κ3) is 5.45. The molecule has 0 atom stereocenters. The highest BCUT2D eigenvalue weighted by atomic mass is 32.1. The summed E-state index contributed by atoms with van der Waals surface area (Å²) < 4.78 is 2.41. The van der Waals surface area contributed by atoms with Gasteiger partial charge in [0.2, 0.25) is 0 Å². The molecule has 0 amide bonds. The third-order valence-corrected chi connectivity index (χ3v) is 13.0. The van der Waals surface area contributed by atoms with Gasteiger partial charge in [-0.25, -0.2) is 15.0 Å². The van der Waals surface area contributed by atoms with Crippen LogP contribution in [-0.4, -0.2) is 15.0 Å². The Morgan fingerprint density at radius 1 is 0.254 bits per heavy atom. The van der Waals surface area contributed by atoms with Crippen LogP contribution >= 0.6 is 11.3 Å². The van der Waals surface area contributed by atoms with Crippen LogP contribution < -0.4 is 0 Å². The smallest absolute Gasteiger partial charge is 0.165 e. The Hall–Kier alpha value is -7.53. The zero-order valence-electron chi connectivity index (χ0n) is 31.8. The van der Waals surface area contributed by atoms with Gasteiger partial charge in [0.25, 0.3) is 0 Å². The molecule has 2 heterocycles. The summed E-state index contributed by atoms with van der Waals surface area (Å²) in [6, 6.07) is 71.6. The lowest BCUT2D eigenvalue weighted by Gasteiger charge is -2.17. The van der Waals surface area contributed by atoms with Crippen molar-refractivity contribution >= 4 is 74.6 Å². The lowest BCUT2D eigenvalue weighted by Crippen LogP contribution is -2.02. The second-order valence-electron chi connectivity index (χ2n) is 15.1. The summed E-state index contributed by atoms with van der Waals surface area (Å²) in [6.45, 7) is 0. The van der Waals surface area contributed by atoms with Gasteiger partial charge in [-0.2, -0.15) is 0 Å². The first-order valence-electron chi connectivity index (χ1n) is 19.9. The summed E-state index contributed by atoms with van der Waals surface area (Å²) in [5.74, 6) is 1.92. The Balaban J connectivity index is 1.15. The van der Waals surface area contributed by atoms with Crippen molar-refractivity contribution in [2.45, 2.75) is 0 Å². The Labute approximate surface area is 344 Å². The Morgan fingerprint density at radius 3 is 1.17 bits per heavy atom. The van der Waals surface area contributed by atoms with Crippen molar-refractivity contribution in [3.05, 3.63) is 200 Å². The van der Waals surface area contributed by atoms with Crippen LogP contribution in [0.5, 0.6) is 0 Å². The van der Waals surface area contributed by atoms with Gasteiger partial charge in [0.05, 0.1) is 0 Å². The minimum atomic E-state index is 0.633. The molecule has 0 bridgehead atoms. The minimum absolute atomic E-state index is 0.633. The lowest BCUT2D eigenvalue weighted by molar-refractivity contribution is 1.08. The Bertz CT molecular complexity index is 3460. The highest BCUT2D eigenvalue weighted by Gasteiger charge is 2.22. The lowest BCUT2D eigenvalue weighted by atomic mass is 9.90. The molecule has 0 saturated carbocycles. The second-order valence-corrected chi connectivity index (χ2v) is 16.1. The number of hydrogen-bond donors (Lipinski definition) is 0. The zero-order valence-corrected chi connectivity index (χ0v) is 32.6. The molecule has 59 heavy (non-hydrogen) atoms. The van der Waals surface area contributed by atoms with E-state index in [9.17, 15) is 0 Å². The fraction of sp³-hybridized carbons (Fsp3) is 0.